The second kappa shape index (κ2) is 7.46. The van der Waals surface area contributed by atoms with Crippen molar-refractivity contribution in [2.24, 2.45) is 5.73 Å². The molecule has 0 aliphatic rings. The first-order valence-corrected chi connectivity index (χ1v) is 7.95. The normalized spacial score (nSPS) is 13.2. The minimum Gasteiger partial charge on any atom is -0.464 e. The number of ether oxygens (including phenoxy) is 2. The lowest BCUT2D eigenvalue weighted by molar-refractivity contribution is 0.0542. The van der Waals surface area contributed by atoms with Crippen molar-refractivity contribution in [2.75, 3.05) is 14.2 Å². The van der Waals surface area contributed by atoms with Crippen molar-refractivity contribution in [3.05, 3.63) is 45.2 Å². The third-order valence-electron chi connectivity index (χ3n) is 3.58. The lowest BCUT2D eigenvalue weighted by Crippen LogP contribution is -2.40. The molecule has 0 spiro atoms. The number of benzene rings is 1. The summed E-state index contributed by atoms with van der Waals surface area (Å²) in [6.45, 7) is 1.12. The van der Waals surface area contributed by atoms with Crippen LogP contribution in [-0.4, -0.2) is 41.2 Å². The van der Waals surface area contributed by atoms with E-state index in [0.717, 1.165) is 25.0 Å². The van der Waals surface area contributed by atoms with E-state index in [2.05, 4.69) is 35.7 Å². The molecule has 0 aliphatic carbocycles. The Labute approximate surface area is 155 Å². The Morgan fingerprint density at radius 1 is 1.27 bits per heavy atom. The van der Waals surface area contributed by atoms with E-state index in [1.54, 1.807) is 0 Å². The van der Waals surface area contributed by atoms with Gasteiger partial charge in [-0.05, 0) is 19.1 Å². The first-order chi connectivity index (χ1) is 12.1. The minimum absolute atomic E-state index is 0.157. The second-order valence-electron chi connectivity index (χ2n) is 5.59. The van der Waals surface area contributed by atoms with E-state index in [1.165, 1.54) is 13.0 Å². The first kappa shape index (κ1) is 19.9. The maximum atomic E-state index is 14.2. The van der Waals surface area contributed by atoms with Gasteiger partial charge in [-0.3, -0.25) is 0 Å². The zero-order valence-corrected chi connectivity index (χ0v) is 15.6. The number of nitrogens with two attached hydrogens (primary N) is 1. The van der Waals surface area contributed by atoms with Gasteiger partial charge in [0.15, 0.2) is 17.3 Å². The van der Waals surface area contributed by atoms with Gasteiger partial charge < -0.3 is 15.2 Å². The van der Waals surface area contributed by atoms with Gasteiger partial charge in [-0.1, -0.05) is 21.1 Å². The number of carbonyl (C=O) groups excluding carboxylic acids is 2. The van der Waals surface area contributed by atoms with Crippen LogP contribution in [0.1, 0.15) is 33.5 Å². The van der Waals surface area contributed by atoms with Crippen LogP contribution in [0.4, 0.5) is 8.78 Å². The highest BCUT2D eigenvalue weighted by Gasteiger charge is 2.33. The highest BCUT2D eigenvalue weighted by Crippen LogP contribution is 2.28. The maximum absolute atomic E-state index is 14.2. The van der Waals surface area contributed by atoms with Crippen LogP contribution in [0.15, 0.2) is 16.6 Å². The quantitative estimate of drug-likeness (QED) is 0.566. The summed E-state index contributed by atoms with van der Waals surface area (Å²) in [6.07, 6.45) is 0. The van der Waals surface area contributed by atoms with E-state index in [-0.39, 0.29) is 28.0 Å². The Kier molecular flexibility index (Phi) is 5.71. The summed E-state index contributed by atoms with van der Waals surface area (Å²) in [5.74, 6) is -4.04. The molecule has 0 unspecified atom stereocenters. The molecule has 0 amide bonds. The molecule has 1 aromatic heterocycles. The molecule has 2 rings (SSSR count). The monoisotopic (exact) mass is 432 g/mol. The van der Waals surface area contributed by atoms with Gasteiger partial charge >= 0.3 is 11.9 Å². The molecule has 0 radical (unpaired) electrons. The number of nitrogens with zero attached hydrogens (tertiary/aromatic N) is 3. The van der Waals surface area contributed by atoms with Gasteiger partial charge in [-0.2, -0.15) is 0 Å². The number of methoxy groups -OCH3 is 2. The predicted molar refractivity (Wildman–Crippen MR) is 88.3 cm³/mol. The molecule has 1 aromatic carbocycles. The molecule has 8 nitrogen and oxygen atoms in total. The predicted octanol–water partition coefficient (Wildman–Crippen LogP) is 1.77. The van der Waals surface area contributed by atoms with Crippen molar-refractivity contribution >= 4 is 27.9 Å². The van der Waals surface area contributed by atoms with Crippen molar-refractivity contribution in [1.29, 1.82) is 0 Å². The van der Waals surface area contributed by atoms with Crippen LogP contribution >= 0.6 is 15.9 Å². The fourth-order valence-electron chi connectivity index (χ4n) is 2.32. The Balaban J connectivity index is 2.52. The number of aromatic nitrogens is 3. The molecule has 0 saturated carbocycles. The SMILES string of the molecule is COC(=O)c1nnn(C[C@](C)(N)c2cc(Br)cc(F)c2F)c1C(=O)OC. The van der Waals surface area contributed by atoms with Crippen molar-refractivity contribution in [2.45, 2.75) is 19.0 Å². The van der Waals surface area contributed by atoms with E-state index >= 15 is 0 Å². The van der Waals surface area contributed by atoms with Gasteiger partial charge in [0.2, 0.25) is 5.69 Å². The Hall–Kier alpha value is -2.40. The number of halogens is 3. The molecule has 0 fully saturated rings. The lowest BCUT2D eigenvalue weighted by Gasteiger charge is -2.26. The average Bonchev–Trinajstić information content (AvgIpc) is 2.99. The van der Waals surface area contributed by atoms with Crippen molar-refractivity contribution in [3.63, 3.8) is 0 Å². The molecule has 26 heavy (non-hydrogen) atoms. The second-order valence-corrected chi connectivity index (χ2v) is 6.51. The lowest BCUT2D eigenvalue weighted by atomic mass is 9.92. The van der Waals surface area contributed by atoms with Crippen LogP contribution in [0.2, 0.25) is 0 Å². The summed E-state index contributed by atoms with van der Waals surface area (Å²) in [7, 11) is 2.21. The standard InChI is InChI=1S/C15H15BrF2N4O4/c1-15(19,8-4-7(16)5-9(17)10(8)18)6-22-12(14(24)26-3)11(20-21-22)13(23)25-2/h4-5H,6,19H2,1-3H3/t15-/m0/s1. The minimum atomic E-state index is -1.50. The highest BCUT2D eigenvalue weighted by atomic mass is 79.9. The number of carbonyl (C=O) groups is 2. The number of esters is 2. The third-order valence-corrected chi connectivity index (χ3v) is 4.04. The molecule has 1 heterocycles. The van der Waals surface area contributed by atoms with E-state index in [1.807, 2.05) is 0 Å². The Bertz CT molecular complexity index is 870. The molecule has 1 atom stereocenters. The summed E-state index contributed by atoms with van der Waals surface area (Å²) in [6, 6.07) is 2.27. The summed E-state index contributed by atoms with van der Waals surface area (Å²) in [5, 5.41) is 7.29. The van der Waals surface area contributed by atoms with Crippen LogP contribution in [0.25, 0.3) is 0 Å². The maximum Gasteiger partial charge on any atom is 0.361 e. The van der Waals surface area contributed by atoms with Crippen molar-refractivity contribution in [3.8, 4) is 0 Å². The fourth-order valence-corrected chi connectivity index (χ4v) is 2.75. The molecule has 2 aromatic rings. The summed E-state index contributed by atoms with van der Waals surface area (Å²) < 4.78 is 38.3. The summed E-state index contributed by atoms with van der Waals surface area (Å²) in [5.41, 5.74) is 3.80. The van der Waals surface area contributed by atoms with Crippen LogP contribution in [-0.2, 0) is 21.6 Å². The fraction of sp³-hybridized carbons (Fsp3) is 0.333. The topological polar surface area (TPSA) is 109 Å². The van der Waals surface area contributed by atoms with E-state index in [0.29, 0.717) is 0 Å². The third kappa shape index (κ3) is 3.73. The van der Waals surface area contributed by atoms with Gasteiger partial charge in [0.1, 0.15) is 0 Å². The zero-order valence-electron chi connectivity index (χ0n) is 14.0. The first-order valence-electron chi connectivity index (χ1n) is 7.16. The van der Waals surface area contributed by atoms with Crippen LogP contribution in [0.3, 0.4) is 0 Å². The molecule has 0 aliphatic heterocycles. The van der Waals surface area contributed by atoms with E-state index in [4.69, 9.17) is 5.73 Å². The van der Waals surface area contributed by atoms with Crippen molar-refractivity contribution in [1.82, 2.24) is 15.0 Å². The molecule has 2 N–H and O–H groups in total. The van der Waals surface area contributed by atoms with E-state index in [9.17, 15) is 18.4 Å². The van der Waals surface area contributed by atoms with Gasteiger partial charge in [-0.25, -0.2) is 23.1 Å². The van der Waals surface area contributed by atoms with Crippen LogP contribution < -0.4 is 5.73 Å². The Morgan fingerprint density at radius 2 is 1.88 bits per heavy atom. The number of rotatable bonds is 5. The number of hydrogen-bond donors (Lipinski definition) is 1. The highest BCUT2D eigenvalue weighted by molar-refractivity contribution is 9.10. The van der Waals surface area contributed by atoms with Gasteiger partial charge in [0.25, 0.3) is 0 Å². The Morgan fingerprint density at radius 3 is 2.46 bits per heavy atom. The van der Waals surface area contributed by atoms with Gasteiger partial charge in [-0.15, -0.1) is 5.10 Å². The van der Waals surface area contributed by atoms with E-state index < -0.39 is 29.1 Å². The summed E-state index contributed by atoms with van der Waals surface area (Å²) >= 11 is 3.07. The average molecular weight is 433 g/mol. The van der Waals surface area contributed by atoms with Gasteiger partial charge in [0, 0.05) is 10.0 Å². The van der Waals surface area contributed by atoms with Crippen molar-refractivity contribution < 1.29 is 27.8 Å². The van der Waals surface area contributed by atoms with Gasteiger partial charge in [0.05, 0.1) is 26.3 Å². The number of hydrogen-bond acceptors (Lipinski definition) is 7. The molecule has 0 bridgehead atoms. The smallest absolute Gasteiger partial charge is 0.361 e. The molecule has 11 heteroatoms. The molecular formula is C15H15BrF2N4O4. The summed E-state index contributed by atoms with van der Waals surface area (Å²) in [4.78, 5) is 23.8. The molecular weight excluding hydrogens is 418 g/mol. The van der Waals surface area contributed by atoms with Crippen LogP contribution in [0.5, 0.6) is 0 Å². The molecule has 0 saturated heterocycles. The molecule has 140 valence electrons. The largest absolute Gasteiger partial charge is 0.464 e. The van der Waals surface area contributed by atoms with Crippen LogP contribution in [0, 0.1) is 11.6 Å². The zero-order chi connectivity index (χ0) is 19.6.